The maximum atomic E-state index is 13.9. The van der Waals surface area contributed by atoms with E-state index in [1.807, 2.05) is 41.1 Å². The summed E-state index contributed by atoms with van der Waals surface area (Å²) in [6.07, 6.45) is 3.21. The number of aromatic nitrogens is 2. The van der Waals surface area contributed by atoms with Crippen LogP contribution in [-0.2, 0) is 12.2 Å². The Morgan fingerprint density at radius 2 is 1.79 bits per heavy atom. The van der Waals surface area contributed by atoms with E-state index in [0.717, 1.165) is 16.7 Å². The number of hydrogen-bond donors (Lipinski definition) is 1. The summed E-state index contributed by atoms with van der Waals surface area (Å²) >= 11 is 0. The molecule has 38 heavy (non-hydrogen) atoms. The number of fused-ring (bicyclic) bond motifs is 2. The molecule has 2 aliphatic rings. The van der Waals surface area contributed by atoms with Crippen LogP contribution in [0.15, 0.2) is 71.6 Å². The highest BCUT2D eigenvalue weighted by atomic mass is 16.5. The molecule has 192 valence electrons. The van der Waals surface area contributed by atoms with Gasteiger partial charge in [0.05, 0.1) is 24.9 Å². The predicted octanol–water partition coefficient (Wildman–Crippen LogP) is 3.62. The van der Waals surface area contributed by atoms with Crippen molar-refractivity contribution in [3.05, 3.63) is 95.1 Å². The van der Waals surface area contributed by atoms with Crippen molar-refractivity contribution in [3.8, 4) is 16.9 Å². The summed E-state index contributed by atoms with van der Waals surface area (Å²) in [5.74, 6) is -0.802. The Kier molecular flexibility index (Phi) is 5.34. The molecule has 0 aliphatic carbocycles. The first-order chi connectivity index (χ1) is 18.3. The lowest BCUT2D eigenvalue weighted by Crippen LogP contribution is -2.60. The Labute approximate surface area is 217 Å². The smallest absolute Gasteiger partial charge is 0.335 e. The molecule has 1 fully saturated rings. The minimum atomic E-state index is -1.08. The number of methoxy groups -OCH3 is 1. The van der Waals surface area contributed by atoms with E-state index in [2.05, 4.69) is 5.16 Å². The third-order valence-corrected chi connectivity index (χ3v) is 7.44. The van der Waals surface area contributed by atoms with Gasteiger partial charge in [-0.2, -0.15) is 0 Å². The van der Waals surface area contributed by atoms with Crippen LogP contribution in [0.25, 0.3) is 11.1 Å². The van der Waals surface area contributed by atoms with Gasteiger partial charge >= 0.3 is 5.97 Å². The topological polar surface area (TPSA) is 118 Å². The van der Waals surface area contributed by atoms with Gasteiger partial charge in [0.25, 0.3) is 11.8 Å². The molecule has 0 bridgehead atoms. The summed E-state index contributed by atoms with van der Waals surface area (Å²) in [4.78, 5) is 42.5. The molecular formula is C28H24N4O6. The van der Waals surface area contributed by atoms with Gasteiger partial charge in [-0.3, -0.25) is 9.59 Å². The van der Waals surface area contributed by atoms with Crippen LogP contribution in [-0.4, -0.2) is 62.6 Å². The van der Waals surface area contributed by atoms with E-state index in [1.54, 1.807) is 36.0 Å². The normalized spacial score (nSPS) is 18.3. The number of ether oxygens (including phenoxy) is 1. The van der Waals surface area contributed by atoms with E-state index in [0.29, 0.717) is 42.3 Å². The predicted molar refractivity (Wildman–Crippen MR) is 135 cm³/mol. The fraction of sp³-hybridized carbons (Fsp3) is 0.214. The Balaban J connectivity index is 1.47. The van der Waals surface area contributed by atoms with Gasteiger partial charge in [-0.25, -0.2) is 4.79 Å². The van der Waals surface area contributed by atoms with Crippen LogP contribution in [0.1, 0.15) is 42.5 Å². The molecule has 2 amide bonds. The van der Waals surface area contributed by atoms with E-state index < -0.39 is 11.6 Å². The first-order valence-electron chi connectivity index (χ1n) is 12.1. The fourth-order valence-electron chi connectivity index (χ4n) is 5.49. The number of carbonyl (C=O) groups excluding carboxylic acids is 2. The number of aromatic carboxylic acids is 1. The molecular weight excluding hydrogens is 488 g/mol. The van der Waals surface area contributed by atoms with Gasteiger partial charge in [0.2, 0.25) is 0 Å². The van der Waals surface area contributed by atoms with Crippen LogP contribution in [0.2, 0.25) is 0 Å². The van der Waals surface area contributed by atoms with Gasteiger partial charge in [-0.05, 0) is 42.8 Å². The Bertz CT molecular complexity index is 1570. The zero-order chi connectivity index (χ0) is 26.6. The number of benzene rings is 2. The quantitative estimate of drug-likeness (QED) is 0.434. The average molecular weight is 513 g/mol. The van der Waals surface area contributed by atoms with Gasteiger partial charge in [-0.1, -0.05) is 29.4 Å². The van der Waals surface area contributed by atoms with E-state index >= 15 is 0 Å². The van der Waals surface area contributed by atoms with Crippen molar-refractivity contribution < 1.29 is 28.8 Å². The highest BCUT2D eigenvalue weighted by molar-refractivity contribution is 5.99. The minimum absolute atomic E-state index is 0.186. The van der Waals surface area contributed by atoms with Gasteiger partial charge in [0, 0.05) is 30.4 Å². The molecule has 2 aliphatic heterocycles. The molecule has 10 nitrogen and oxygen atoms in total. The van der Waals surface area contributed by atoms with Crippen LogP contribution in [0, 0.1) is 6.92 Å². The molecule has 1 saturated heterocycles. The maximum Gasteiger partial charge on any atom is 0.335 e. The lowest BCUT2D eigenvalue weighted by molar-refractivity contribution is -0.00599. The number of carbonyl (C=O) groups is 3. The van der Waals surface area contributed by atoms with Crippen LogP contribution < -0.4 is 4.74 Å². The zero-order valence-corrected chi connectivity index (χ0v) is 20.7. The summed E-state index contributed by atoms with van der Waals surface area (Å²) < 4.78 is 12.3. The van der Waals surface area contributed by atoms with E-state index in [1.165, 1.54) is 18.4 Å². The van der Waals surface area contributed by atoms with Gasteiger partial charge in [-0.15, -0.1) is 0 Å². The van der Waals surface area contributed by atoms with Crippen molar-refractivity contribution in [1.82, 2.24) is 19.5 Å². The second kappa shape index (κ2) is 8.62. The lowest BCUT2D eigenvalue weighted by Gasteiger charge is -2.47. The number of amides is 2. The number of rotatable bonds is 5. The number of nitrogens with zero attached hydrogens (tertiary/aromatic N) is 4. The van der Waals surface area contributed by atoms with Crippen molar-refractivity contribution >= 4 is 17.8 Å². The van der Waals surface area contributed by atoms with Crippen molar-refractivity contribution in [3.63, 3.8) is 0 Å². The summed E-state index contributed by atoms with van der Waals surface area (Å²) in [6.45, 7) is 2.72. The minimum Gasteiger partial charge on any atom is -0.497 e. The van der Waals surface area contributed by atoms with Gasteiger partial charge in [0.15, 0.2) is 5.66 Å². The summed E-state index contributed by atoms with van der Waals surface area (Å²) in [7, 11) is 1.58. The molecule has 10 heteroatoms. The summed E-state index contributed by atoms with van der Waals surface area (Å²) in [5, 5.41) is 13.1. The van der Waals surface area contributed by atoms with E-state index in [-0.39, 0.29) is 17.4 Å². The second-order valence-corrected chi connectivity index (χ2v) is 9.40. The lowest BCUT2D eigenvalue weighted by atomic mass is 9.93. The number of aryl methyl sites for hydroxylation is 1. The van der Waals surface area contributed by atoms with Gasteiger partial charge in [0.1, 0.15) is 23.3 Å². The monoisotopic (exact) mass is 512 g/mol. The summed E-state index contributed by atoms with van der Waals surface area (Å²) in [6, 6.07) is 15.7. The molecule has 1 N–H and O–H groups in total. The zero-order valence-electron chi connectivity index (χ0n) is 20.7. The molecule has 0 saturated carbocycles. The SMILES string of the molecule is COc1ccc(C23Cn4cc(-c5ccc(C(=O)O)cc5)cc4C(=O)N2CCN3C(=O)c2conc2C)cc1. The number of hydrogen-bond acceptors (Lipinski definition) is 6. The Morgan fingerprint density at radius 1 is 1.05 bits per heavy atom. The standard InChI is InChI=1S/C28H24N4O6/c1-17-23(15-38-29-17)25(33)31-11-12-32-26(34)24-13-20(18-3-5-19(6-4-18)27(35)36)14-30(24)16-28(31,32)21-7-9-22(37-2)10-8-21/h3-10,13-15H,11-12,16H2,1-2H3,(H,35,36). The van der Waals surface area contributed by atoms with Crippen LogP contribution in [0.4, 0.5) is 0 Å². The van der Waals surface area contributed by atoms with Crippen molar-refractivity contribution in [1.29, 1.82) is 0 Å². The van der Waals surface area contributed by atoms with Crippen molar-refractivity contribution in [2.24, 2.45) is 0 Å². The van der Waals surface area contributed by atoms with Crippen molar-refractivity contribution in [2.75, 3.05) is 20.2 Å². The first kappa shape index (κ1) is 23.5. The number of carboxylic acid groups (broad SMARTS) is 1. The van der Waals surface area contributed by atoms with E-state index in [4.69, 9.17) is 9.26 Å². The Hall–Kier alpha value is -4.86. The highest BCUT2D eigenvalue weighted by Crippen LogP contribution is 2.45. The fourth-order valence-corrected chi connectivity index (χ4v) is 5.49. The molecule has 2 aromatic carbocycles. The third-order valence-electron chi connectivity index (χ3n) is 7.44. The van der Waals surface area contributed by atoms with Crippen molar-refractivity contribution in [2.45, 2.75) is 19.1 Å². The number of carboxylic acids is 1. The molecule has 0 radical (unpaired) electrons. The summed E-state index contributed by atoms with van der Waals surface area (Å²) in [5.41, 5.74) is 2.78. The maximum absolute atomic E-state index is 13.9. The first-order valence-corrected chi connectivity index (χ1v) is 12.1. The van der Waals surface area contributed by atoms with Crippen LogP contribution in [0.5, 0.6) is 5.75 Å². The second-order valence-electron chi connectivity index (χ2n) is 9.40. The molecule has 1 unspecified atom stereocenters. The molecule has 2 aromatic heterocycles. The highest BCUT2D eigenvalue weighted by Gasteiger charge is 2.56. The van der Waals surface area contributed by atoms with E-state index in [9.17, 15) is 19.5 Å². The molecule has 0 spiro atoms. The molecule has 4 aromatic rings. The molecule has 6 rings (SSSR count). The van der Waals surface area contributed by atoms with Crippen LogP contribution >= 0.6 is 0 Å². The Morgan fingerprint density at radius 3 is 2.42 bits per heavy atom. The van der Waals surface area contributed by atoms with Crippen LogP contribution in [0.3, 0.4) is 0 Å². The average Bonchev–Trinajstić information content (AvgIpc) is 3.66. The third kappa shape index (κ3) is 3.41. The van der Waals surface area contributed by atoms with Gasteiger partial charge < -0.3 is 28.7 Å². The largest absolute Gasteiger partial charge is 0.497 e. The molecule has 1 atom stereocenters. The molecule has 4 heterocycles.